The van der Waals surface area contributed by atoms with E-state index in [-0.39, 0.29) is 0 Å². The third-order valence-electron chi connectivity index (χ3n) is 3.94. The molecule has 10 atom stereocenters. The van der Waals surface area contributed by atoms with Gasteiger partial charge in [-0.1, -0.05) is 0 Å². The lowest BCUT2D eigenvalue weighted by Crippen LogP contribution is -2.63. The average Bonchev–Trinajstić information content (AvgIpc) is 2.49. The maximum absolute atomic E-state index is 9.93. The van der Waals surface area contributed by atoms with Crippen molar-refractivity contribution in [3.05, 3.63) is 0 Å². The molecule has 0 aliphatic carbocycles. The molecule has 22 heavy (non-hydrogen) atoms. The molecule has 0 bridgehead atoms. The van der Waals surface area contributed by atoms with Gasteiger partial charge in [0.2, 0.25) is 0 Å². The highest BCUT2D eigenvalue weighted by Crippen LogP contribution is 2.28. The van der Waals surface area contributed by atoms with Crippen molar-refractivity contribution in [2.75, 3.05) is 6.61 Å². The Kier molecular flexibility index (Phi) is 5.72. The molecule has 2 aliphatic heterocycles. The minimum absolute atomic E-state index is 0.619. The van der Waals surface area contributed by atoms with E-state index in [4.69, 9.17) is 19.3 Å². The maximum atomic E-state index is 9.93. The maximum Gasteiger partial charge on any atom is 0.187 e. The van der Waals surface area contributed by atoms with Crippen LogP contribution in [0.1, 0.15) is 6.92 Å². The summed E-state index contributed by atoms with van der Waals surface area (Å²) in [6.45, 7) is 0.823. The van der Waals surface area contributed by atoms with Crippen LogP contribution in [0.25, 0.3) is 0 Å². The molecule has 0 amide bonds. The van der Waals surface area contributed by atoms with Gasteiger partial charge in [0.1, 0.15) is 42.7 Å². The summed E-state index contributed by atoms with van der Waals surface area (Å²) in [5.41, 5.74) is 0. The van der Waals surface area contributed by atoms with E-state index in [2.05, 4.69) is 0 Å². The molecule has 0 saturated carbocycles. The molecule has 0 spiro atoms. The second-order valence-electron chi connectivity index (χ2n) is 5.51. The number of hydrogen-bond donors (Lipinski definition) is 7. The predicted octanol–water partition coefficient (Wildman–Crippen LogP) is -4.37. The molecule has 2 heterocycles. The van der Waals surface area contributed by atoms with E-state index >= 15 is 0 Å². The SMILES string of the molecule is C[C@@H]1O[C@H](O[C@@H]2[C@@H](O)[C@H](O)[C@@H](CO)O[C@H]2O)[C@H](O)[C@H](O)[C@H]1O. The zero-order valence-corrected chi connectivity index (χ0v) is 11.8. The summed E-state index contributed by atoms with van der Waals surface area (Å²) in [7, 11) is 0. The van der Waals surface area contributed by atoms with E-state index in [0.717, 1.165) is 0 Å². The van der Waals surface area contributed by atoms with Crippen LogP contribution in [0.4, 0.5) is 0 Å². The number of aliphatic hydroxyl groups excluding tert-OH is 7. The number of ether oxygens (including phenoxy) is 3. The van der Waals surface area contributed by atoms with Crippen molar-refractivity contribution in [2.45, 2.75) is 68.3 Å². The van der Waals surface area contributed by atoms with Crippen LogP contribution in [0.2, 0.25) is 0 Å². The van der Waals surface area contributed by atoms with Crippen LogP contribution in [-0.4, -0.2) is 104 Å². The normalized spacial score (nSPS) is 53.5. The topological polar surface area (TPSA) is 169 Å². The van der Waals surface area contributed by atoms with E-state index in [9.17, 15) is 30.6 Å². The smallest absolute Gasteiger partial charge is 0.187 e. The Morgan fingerprint density at radius 2 is 1.45 bits per heavy atom. The third kappa shape index (κ3) is 3.26. The summed E-state index contributed by atoms with van der Waals surface area (Å²) in [6.07, 6.45) is -14.3. The second-order valence-corrected chi connectivity index (χ2v) is 5.51. The van der Waals surface area contributed by atoms with Gasteiger partial charge in [0.25, 0.3) is 0 Å². The lowest BCUT2D eigenvalue weighted by atomic mass is 9.97. The first-order valence-corrected chi connectivity index (χ1v) is 6.93. The monoisotopic (exact) mass is 326 g/mol. The van der Waals surface area contributed by atoms with Gasteiger partial charge in [-0.2, -0.15) is 0 Å². The first kappa shape index (κ1) is 17.9. The summed E-state index contributed by atoms with van der Waals surface area (Å²) in [5, 5.41) is 67.5. The van der Waals surface area contributed by atoms with E-state index in [1.165, 1.54) is 6.92 Å². The molecule has 0 aromatic carbocycles. The molecule has 2 fully saturated rings. The van der Waals surface area contributed by atoms with Crippen molar-refractivity contribution in [3.63, 3.8) is 0 Å². The molecular weight excluding hydrogens is 304 g/mol. The lowest BCUT2D eigenvalue weighted by molar-refractivity contribution is -0.358. The van der Waals surface area contributed by atoms with Gasteiger partial charge in [-0.3, -0.25) is 0 Å². The Morgan fingerprint density at radius 1 is 0.818 bits per heavy atom. The molecule has 0 unspecified atom stereocenters. The van der Waals surface area contributed by atoms with Crippen molar-refractivity contribution in [3.8, 4) is 0 Å². The van der Waals surface area contributed by atoms with Gasteiger partial charge in [0, 0.05) is 0 Å². The standard InChI is InChI=1S/C12H22O10/c1-3-5(14)7(16)9(18)12(20-3)22-10-8(17)6(15)4(2-13)21-11(10)19/h3-19H,2H2,1H3/t3-,4+,5-,6+,7+,8-,9+,10+,11+,12+/m0/s1. The summed E-state index contributed by atoms with van der Waals surface area (Å²) in [5.74, 6) is 0. The molecule has 2 saturated heterocycles. The van der Waals surface area contributed by atoms with Crippen LogP contribution in [0, 0.1) is 0 Å². The minimum Gasteiger partial charge on any atom is -0.394 e. The highest BCUT2D eigenvalue weighted by Gasteiger charge is 2.49. The van der Waals surface area contributed by atoms with Crippen molar-refractivity contribution in [1.82, 2.24) is 0 Å². The summed E-state index contributed by atoms with van der Waals surface area (Å²) in [4.78, 5) is 0. The van der Waals surface area contributed by atoms with E-state index in [0.29, 0.717) is 0 Å². The fraction of sp³-hybridized carbons (Fsp3) is 1.00. The van der Waals surface area contributed by atoms with Gasteiger partial charge < -0.3 is 50.0 Å². The van der Waals surface area contributed by atoms with Crippen LogP contribution in [0.15, 0.2) is 0 Å². The summed E-state index contributed by atoms with van der Waals surface area (Å²) >= 11 is 0. The molecule has 0 radical (unpaired) electrons. The van der Waals surface area contributed by atoms with Gasteiger partial charge >= 0.3 is 0 Å². The zero-order chi connectivity index (χ0) is 16.6. The molecular formula is C12H22O10. The van der Waals surface area contributed by atoms with Gasteiger partial charge in [0.05, 0.1) is 12.7 Å². The van der Waals surface area contributed by atoms with Gasteiger partial charge in [0.15, 0.2) is 12.6 Å². The Labute approximate surface area is 126 Å². The Bertz CT molecular complexity index is 368. The first-order valence-electron chi connectivity index (χ1n) is 6.93. The first-order chi connectivity index (χ1) is 10.3. The van der Waals surface area contributed by atoms with E-state index in [1.54, 1.807) is 0 Å². The Hall–Kier alpha value is -0.400. The largest absolute Gasteiger partial charge is 0.394 e. The molecule has 2 aliphatic rings. The quantitative estimate of drug-likeness (QED) is 0.269. The minimum atomic E-state index is -1.69. The predicted molar refractivity (Wildman–Crippen MR) is 67.2 cm³/mol. The van der Waals surface area contributed by atoms with Crippen LogP contribution < -0.4 is 0 Å². The molecule has 0 aromatic heterocycles. The molecule has 0 aromatic rings. The number of hydrogen-bond acceptors (Lipinski definition) is 10. The molecule has 130 valence electrons. The lowest BCUT2D eigenvalue weighted by Gasteiger charge is -2.44. The average molecular weight is 326 g/mol. The van der Waals surface area contributed by atoms with Crippen molar-refractivity contribution in [1.29, 1.82) is 0 Å². The number of rotatable bonds is 3. The van der Waals surface area contributed by atoms with E-state index in [1.807, 2.05) is 0 Å². The molecule has 10 nitrogen and oxygen atoms in total. The zero-order valence-electron chi connectivity index (χ0n) is 11.8. The van der Waals surface area contributed by atoms with Crippen LogP contribution in [-0.2, 0) is 14.2 Å². The summed E-state index contributed by atoms with van der Waals surface area (Å²) in [6, 6.07) is 0. The second kappa shape index (κ2) is 7.01. The van der Waals surface area contributed by atoms with Gasteiger partial charge in [-0.05, 0) is 6.92 Å². The summed E-state index contributed by atoms with van der Waals surface area (Å²) < 4.78 is 15.3. The van der Waals surface area contributed by atoms with E-state index < -0.39 is 68.0 Å². The number of aliphatic hydroxyl groups is 7. The van der Waals surface area contributed by atoms with Crippen LogP contribution in [0.3, 0.4) is 0 Å². The fourth-order valence-electron chi connectivity index (χ4n) is 2.50. The fourth-order valence-corrected chi connectivity index (χ4v) is 2.50. The van der Waals surface area contributed by atoms with Crippen molar-refractivity contribution in [2.24, 2.45) is 0 Å². The Morgan fingerprint density at radius 3 is 2.05 bits per heavy atom. The van der Waals surface area contributed by atoms with Crippen LogP contribution >= 0.6 is 0 Å². The van der Waals surface area contributed by atoms with Crippen molar-refractivity contribution < 1.29 is 50.0 Å². The van der Waals surface area contributed by atoms with Gasteiger partial charge in [-0.25, -0.2) is 0 Å². The highest BCUT2D eigenvalue weighted by molar-refractivity contribution is 4.92. The molecule has 7 N–H and O–H groups in total. The molecule has 2 rings (SSSR count). The Balaban J connectivity index is 2.06. The van der Waals surface area contributed by atoms with Crippen LogP contribution in [0.5, 0.6) is 0 Å². The molecule has 10 heteroatoms. The highest BCUT2D eigenvalue weighted by atomic mass is 16.7. The third-order valence-corrected chi connectivity index (χ3v) is 3.94. The van der Waals surface area contributed by atoms with Crippen molar-refractivity contribution >= 4 is 0 Å². The van der Waals surface area contributed by atoms with Gasteiger partial charge in [-0.15, -0.1) is 0 Å².